The van der Waals surface area contributed by atoms with Crippen LogP contribution in [0.25, 0.3) is 0 Å². The zero-order valence-electron chi connectivity index (χ0n) is 9.81. The van der Waals surface area contributed by atoms with Gasteiger partial charge in [-0.1, -0.05) is 12.1 Å². The molecule has 0 aliphatic rings. The highest BCUT2D eigenvalue weighted by Crippen LogP contribution is 2.34. The third-order valence-corrected chi connectivity index (χ3v) is 3.21. The maximum atomic E-state index is 5.96. The summed E-state index contributed by atoms with van der Waals surface area (Å²) in [7, 11) is 1.99. The lowest BCUT2D eigenvalue weighted by molar-refractivity contribution is 1.17. The number of aromatic nitrogens is 1. The lowest BCUT2D eigenvalue weighted by atomic mass is 10.2. The van der Waals surface area contributed by atoms with Gasteiger partial charge in [0.2, 0.25) is 0 Å². The number of hydrogen-bond acceptors (Lipinski definition) is 3. The van der Waals surface area contributed by atoms with Gasteiger partial charge in [0.25, 0.3) is 0 Å². The number of aryl methyl sites for hydroxylation is 1. The van der Waals surface area contributed by atoms with E-state index >= 15 is 0 Å². The Bertz CT molecular complexity index is 520. The number of rotatable bonds is 2. The van der Waals surface area contributed by atoms with Crippen LogP contribution in [0.3, 0.4) is 0 Å². The van der Waals surface area contributed by atoms with Crippen LogP contribution >= 0.6 is 15.9 Å². The number of pyridine rings is 1. The third kappa shape index (κ3) is 2.42. The molecule has 1 heterocycles. The van der Waals surface area contributed by atoms with E-state index in [0.29, 0.717) is 5.69 Å². The van der Waals surface area contributed by atoms with Crippen molar-refractivity contribution >= 4 is 33.0 Å². The van der Waals surface area contributed by atoms with Gasteiger partial charge in [0, 0.05) is 18.9 Å². The molecule has 0 saturated carbocycles. The Morgan fingerprint density at radius 1 is 1.29 bits per heavy atom. The lowest BCUT2D eigenvalue weighted by Gasteiger charge is -2.22. The molecule has 88 valence electrons. The van der Waals surface area contributed by atoms with Crippen LogP contribution in [0.4, 0.5) is 17.1 Å². The molecule has 2 aromatic rings. The van der Waals surface area contributed by atoms with Crippen molar-refractivity contribution in [2.75, 3.05) is 17.7 Å². The molecule has 1 aromatic heterocycles. The van der Waals surface area contributed by atoms with Crippen molar-refractivity contribution in [3.63, 3.8) is 0 Å². The summed E-state index contributed by atoms with van der Waals surface area (Å²) in [6.45, 7) is 2.07. The molecule has 4 heteroatoms. The number of anilines is 3. The zero-order valence-corrected chi connectivity index (χ0v) is 11.4. The molecule has 2 N–H and O–H groups in total. The average Bonchev–Trinajstić information content (AvgIpc) is 2.28. The summed E-state index contributed by atoms with van der Waals surface area (Å²) < 4.78 is 0.890. The van der Waals surface area contributed by atoms with Crippen molar-refractivity contribution in [2.24, 2.45) is 0 Å². The van der Waals surface area contributed by atoms with Crippen LogP contribution in [-0.4, -0.2) is 12.0 Å². The molecule has 0 fully saturated rings. The van der Waals surface area contributed by atoms with E-state index in [1.807, 2.05) is 18.0 Å². The number of hydrogen-bond donors (Lipinski definition) is 1. The van der Waals surface area contributed by atoms with Crippen molar-refractivity contribution in [1.29, 1.82) is 0 Å². The molecule has 0 bridgehead atoms. The fourth-order valence-corrected chi connectivity index (χ4v) is 2.38. The number of nitrogens with two attached hydrogens (primary N) is 1. The summed E-state index contributed by atoms with van der Waals surface area (Å²) in [6.07, 6.45) is 3.41. The maximum absolute atomic E-state index is 5.96. The summed E-state index contributed by atoms with van der Waals surface area (Å²) in [4.78, 5) is 6.09. The van der Waals surface area contributed by atoms with Gasteiger partial charge in [0.1, 0.15) is 0 Å². The van der Waals surface area contributed by atoms with E-state index in [-0.39, 0.29) is 0 Å². The first-order valence-electron chi connectivity index (χ1n) is 5.29. The number of halogens is 1. The van der Waals surface area contributed by atoms with Crippen molar-refractivity contribution < 1.29 is 0 Å². The van der Waals surface area contributed by atoms with Crippen molar-refractivity contribution in [2.45, 2.75) is 6.92 Å². The summed E-state index contributed by atoms with van der Waals surface area (Å²) in [5.74, 6) is 0. The molecular weight excluding hydrogens is 278 g/mol. The predicted molar refractivity (Wildman–Crippen MR) is 75.6 cm³/mol. The summed E-state index contributed by atoms with van der Waals surface area (Å²) in [5.41, 5.74) is 9.88. The second-order valence-electron chi connectivity index (χ2n) is 3.96. The van der Waals surface area contributed by atoms with Gasteiger partial charge in [-0.15, -0.1) is 0 Å². The lowest BCUT2D eigenvalue weighted by Crippen LogP contribution is -2.12. The molecule has 1 aromatic carbocycles. The van der Waals surface area contributed by atoms with E-state index in [1.54, 1.807) is 12.4 Å². The highest BCUT2D eigenvalue weighted by molar-refractivity contribution is 9.10. The Balaban J connectivity index is 2.47. The highest BCUT2D eigenvalue weighted by atomic mass is 79.9. The van der Waals surface area contributed by atoms with Gasteiger partial charge < -0.3 is 10.6 Å². The van der Waals surface area contributed by atoms with Gasteiger partial charge in [-0.2, -0.15) is 0 Å². The van der Waals surface area contributed by atoms with Crippen molar-refractivity contribution in [3.8, 4) is 0 Å². The summed E-state index contributed by atoms with van der Waals surface area (Å²) >= 11 is 3.48. The van der Waals surface area contributed by atoms with Crippen LogP contribution in [0.1, 0.15) is 5.56 Å². The molecule has 0 saturated heterocycles. The van der Waals surface area contributed by atoms with Crippen LogP contribution in [0.15, 0.2) is 41.1 Å². The summed E-state index contributed by atoms with van der Waals surface area (Å²) in [5, 5.41) is 0. The smallest absolute Gasteiger partial charge is 0.0817 e. The van der Waals surface area contributed by atoms with Gasteiger partial charge in [0.05, 0.1) is 22.0 Å². The van der Waals surface area contributed by atoms with Gasteiger partial charge >= 0.3 is 0 Å². The average molecular weight is 292 g/mol. The standard InChI is InChI=1S/C13H14BrN3/c1-9-4-3-5-10(6-9)17(2)13-11(14)7-16-8-12(13)15/h3-8H,15H2,1-2H3. The Hall–Kier alpha value is -1.55. The molecule has 0 aliphatic carbocycles. The largest absolute Gasteiger partial charge is 0.396 e. The van der Waals surface area contributed by atoms with Crippen molar-refractivity contribution in [1.82, 2.24) is 4.98 Å². The number of benzene rings is 1. The normalized spacial score (nSPS) is 10.3. The number of nitrogens with zero attached hydrogens (tertiary/aromatic N) is 2. The van der Waals surface area contributed by atoms with Crippen LogP contribution in [0.5, 0.6) is 0 Å². The maximum Gasteiger partial charge on any atom is 0.0817 e. The number of nitrogen functional groups attached to an aromatic ring is 1. The fourth-order valence-electron chi connectivity index (χ4n) is 1.76. The minimum Gasteiger partial charge on any atom is -0.396 e. The second-order valence-corrected chi connectivity index (χ2v) is 4.81. The molecule has 0 spiro atoms. The Kier molecular flexibility index (Phi) is 3.33. The quantitative estimate of drug-likeness (QED) is 0.921. The minimum absolute atomic E-state index is 0.656. The zero-order chi connectivity index (χ0) is 12.4. The first kappa shape index (κ1) is 11.9. The van der Waals surface area contributed by atoms with E-state index in [9.17, 15) is 0 Å². The molecule has 0 amide bonds. The monoisotopic (exact) mass is 291 g/mol. The topological polar surface area (TPSA) is 42.1 Å². The highest BCUT2D eigenvalue weighted by Gasteiger charge is 2.11. The minimum atomic E-state index is 0.656. The van der Waals surface area contributed by atoms with E-state index in [4.69, 9.17) is 5.73 Å². The molecule has 3 nitrogen and oxygen atoms in total. The van der Waals surface area contributed by atoms with Crippen LogP contribution in [0, 0.1) is 6.92 Å². The molecule has 17 heavy (non-hydrogen) atoms. The van der Waals surface area contributed by atoms with Crippen LogP contribution in [0.2, 0.25) is 0 Å². The van der Waals surface area contributed by atoms with Crippen LogP contribution < -0.4 is 10.6 Å². The van der Waals surface area contributed by atoms with Gasteiger partial charge in [-0.05, 0) is 40.5 Å². The Morgan fingerprint density at radius 2 is 2.06 bits per heavy atom. The Labute approximate surface area is 109 Å². The molecule has 0 radical (unpaired) electrons. The first-order valence-corrected chi connectivity index (χ1v) is 6.08. The second kappa shape index (κ2) is 4.75. The third-order valence-electron chi connectivity index (χ3n) is 2.63. The van der Waals surface area contributed by atoms with E-state index < -0.39 is 0 Å². The molecule has 0 aliphatic heterocycles. The predicted octanol–water partition coefficient (Wildman–Crippen LogP) is 3.50. The van der Waals surface area contributed by atoms with Crippen LogP contribution in [-0.2, 0) is 0 Å². The Morgan fingerprint density at radius 3 is 2.71 bits per heavy atom. The fraction of sp³-hybridized carbons (Fsp3) is 0.154. The van der Waals surface area contributed by atoms with E-state index in [2.05, 4.69) is 46.0 Å². The van der Waals surface area contributed by atoms with Gasteiger partial charge in [0.15, 0.2) is 0 Å². The molecule has 2 rings (SSSR count). The molecule has 0 atom stereocenters. The van der Waals surface area contributed by atoms with E-state index in [0.717, 1.165) is 15.8 Å². The molecule has 0 unspecified atom stereocenters. The molecular formula is C13H14BrN3. The summed E-state index contributed by atoms with van der Waals surface area (Å²) in [6, 6.07) is 8.28. The SMILES string of the molecule is Cc1cccc(N(C)c2c(N)cncc2Br)c1. The van der Waals surface area contributed by atoms with Gasteiger partial charge in [-0.25, -0.2) is 0 Å². The van der Waals surface area contributed by atoms with Crippen molar-refractivity contribution in [3.05, 3.63) is 46.7 Å². The first-order chi connectivity index (χ1) is 8.09. The van der Waals surface area contributed by atoms with Gasteiger partial charge in [-0.3, -0.25) is 4.98 Å². The van der Waals surface area contributed by atoms with E-state index in [1.165, 1.54) is 5.56 Å².